The minimum absolute atomic E-state index is 0.257. The van der Waals surface area contributed by atoms with Crippen LogP contribution in [-0.4, -0.2) is 9.97 Å². The summed E-state index contributed by atoms with van der Waals surface area (Å²) in [5.74, 6) is 1.26. The van der Waals surface area contributed by atoms with Crippen LogP contribution in [0.15, 0.2) is 206 Å². The van der Waals surface area contributed by atoms with E-state index in [1.807, 2.05) is 12.1 Å². The minimum atomic E-state index is 0.257. The lowest BCUT2D eigenvalue weighted by Gasteiger charge is -2.33. The molecule has 1 aromatic heterocycles. The molecule has 0 bridgehead atoms. The molecule has 3 aliphatic rings. The van der Waals surface area contributed by atoms with Gasteiger partial charge in [-0.1, -0.05) is 200 Å². The average Bonchev–Trinajstić information content (AvgIpc) is 3.27. The van der Waals surface area contributed by atoms with E-state index in [-0.39, 0.29) is 5.92 Å². The Hall–Kier alpha value is -6.90. The Balaban J connectivity index is 1.11. The normalized spacial score (nSPS) is 16.7. The number of hydrogen-bond donors (Lipinski definition) is 0. The summed E-state index contributed by atoms with van der Waals surface area (Å²) in [6.07, 6.45) is 16.2. The molecule has 0 radical (unpaired) electrons. The molecule has 2 atom stereocenters. The standard InChI is InChI=1S/C52H36N2/c1-3-17-35(18-4-1)50-34-51(36-19-5-2-6-20-36)54-52(53-50)48-30-16-15-28-45(48)42-25-11-9-23-40(42)39-22-8-7-21-38(39)37-31-32-47-44-27-12-10-24-41(44)43-26-13-14-29-46(43)49(47)33-37/h1-34,46,49H. The number of aromatic nitrogens is 2. The molecule has 1 heterocycles. The first-order valence-electron chi connectivity index (χ1n) is 18.7. The van der Waals surface area contributed by atoms with Crippen LogP contribution >= 0.6 is 0 Å². The first-order chi connectivity index (χ1) is 26.8. The fourth-order valence-corrected chi connectivity index (χ4v) is 8.42. The zero-order valence-electron chi connectivity index (χ0n) is 29.7. The van der Waals surface area contributed by atoms with Gasteiger partial charge in [-0.2, -0.15) is 0 Å². The quantitative estimate of drug-likeness (QED) is 0.174. The Morgan fingerprint density at radius 1 is 0.370 bits per heavy atom. The number of benzene rings is 6. The highest BCUT2D eigenvalue weighted by Gasteiger charge is 2.30. The van der Waals surface area contributed by atoms with Crippen molar-refractivity contribution in [1.29, 1.82) is 0 Å². The number of allylic oxidation sites excluding steroid dienone is 8. The Morgan fingerprint density at radius 3 is 1.43 bits per heavy atom. The maximum Gasteiger partial charge on any atom is 0.161 e. The number of hydrogen-bond acceptors (Lipinski definition) is 2. The Labute approximate surface area is 315 Å². The molecule has 10 rings (SSSR count). The van der Waals surface area contributed by atoms with Crippen molar-refractivity contribution in [2.75, 3.05) is 0 Å². The van der Waals surface area contributed by atoms with Crippen molar-refractivity contribution < 1.29 is 0 Å². The minimum Gasteiger partial charge on any atom is -0.228 e. The molecular formula is C52H36N2. The van der Waals surface area contributed by atoms with Crippen LogP contribution < -0.4 is 10.4 Å². The van der Waals surface area contributed by atoms with Crippen molar-refractivity contribution in [3.8, 4) is 56.2 Å². The highest BCUT2D eigenvalue weighted by Crippen LogP contribution is 2.44. The molecule has 54 heavy (non-hydrogen) atoms. The Bertz CT molecular complexity index is 2760. The third-order valence-corrected chi connectivity index (χ3v) is 10.9. The molecule has 0 N–H and O–H groups in total. The van der Waals surface area contributed by atoms with Gasteiger partial charge in [0.05, 0.1) is 11.4 Å². The van der Waals surface area contributed by atoms with E-state index in [1.165, 1.54) is 43.8 Å². The summed E-state index contributed by atoms with van der Waals surface area (Å²) in [7, 11) is 0. The lowest BCUT2D eigenvalue weighted by atomic mass is 9.71. The van der Waals surface area contributed by atoms with Crippen molar-refractivity contribution in [2.24, 2.45) is 11.8 Å². The second-order valence-electron chi connectivity index (χ2n) is 14.0. The van der Waals surface area contributed by atoms with Crippen LogP contribution in [0.4, 0.5) is 0 Å². The molecule has 3 aliphatic carbocycles. The highest BCUT2D eigenvalue weighted by atomic mass is 14.9. The zero-order chi connectivity index (χ0) is 35.8. The van der Waals surface area contributed by atoms with E-state index in [0.717, 1.165) is 39.2 Å². The van der Waals surface area contributed by atoms with Crippen molar-refractivity contribution in [2.45, 2.75) is 0 Å². The molecule has 0 saturated heterocycles. The van der Waals surface area contributed by atoms with Gasteiger partial charge in [0, 0.05) is 28.5 Å². The van der Waals surface area contributed by atoms with E-state index in [9.17, 15) is 0 Å². The van der Waals surface area contributed by atoms with E-state index >= 15 is 0 Å². The second kappa shape index (κ2) is 13.6. The monoisotopic (exact) mass is 688 g/mol. The smallest absolute Gasteiger partial charge is 0.161 e. The molecule has 254 valence electrons. The van der Waals surface area contributed by atoms with Gasteiger partial charge in [0.1, 0.15) is 0 Å². The molecule has 2 nitrogen and oxygen atoms in total. The van der Waals surface area contributed by atoms with Gasteiger partial charge in [-0.3, -0.25) is 0 Å². The summed E-state index contributed by atoms with van der Waals surface area (Å²) in [5.41, 5.74) is 14.8. The summed E-state index contributed by atoms with van der Waals surface area (Å²) >= 11 is 0. The van der Waals surface area contributed by atoms with Crippen LogP contribution in [0.25, 0.3) is 72.9 Å². The van der Waals surface area contributed by atoms with Crippen molar-refractivity contribution in [3.63, 3.8) is 0 Å². The molecule has 7 aromatic rings. The zero-order valence-corrected chi connectivity index (χ0v) is 29.7. The van der Waals surface area contributed by atoms with Gasteiger partial charge in [-0.05, 0) is 61.0 Å². The van der Waals surface area contributed by atoms with Gasteiger partial charge in [0.15, 0.2) is 5.82 Å². The van der Waals surface area contributed by atoms with Crippen molar-refractivity contribution >= 4 is 16.7 Å². The predicted molar refractivity (Wildman–Crippen MR) is 224 cm³/mol. The summed E-state index contributed by atoms with van der Waals surface area (Å²) in [5, 5.41) is 2.68. The fraction of sp³-hybridized carbons (Fsp3) is 0.0385. The largest absolute Gasteiger partial charge is 0.228 e. The van der Waals surface area contributed by atoms with Gasteiger partial charge in [-0.25, -0.2) is 9.97 Å². The van der Waals surface area contributed by atoms with Gasteiger partial charge in [0.2, 0.25) is 0 Å². The molecule has 2 heteroatoms. The van der Waals surface area contributed by atoms with Crippen LogP contribution in [-0.2, 0) is 0 Å². The first-order valence-corrected chi connectivity index (χ1v) is 18.7. The predicted octanol–water partition coefficient (Wildman–Crippen LogP) is 11.1. The summed E-state index contributed by atoms with van der Waals surface area (Å²) in [4.78, 5) is 10.4. The van der Waals surface area contributed by atoms with Crippen LogP contribution in [0.5, 0.6) is 0 Å². The molecule has 6 aromatic carbocycles. The maximum atomic E-state index is 5.22. The third kappa shape index (κ3) is 5.60. The van der Waals surface area contributed by atoms with E-state index in [0.29, 0.717) is 11.7 Å². The number of rotatable bonds is 6. The molecule has 0 aliphatic heterocycles. The number of fused-ring (bicyclic) bond motifs is 4. The highest BCUT2D eigenvalue weighted by molar-refractivity contribution is 5.97. The summed E-state index contributed by atoms with van der Waals surface area (Å²) in [6, 6.07) is 57.9. The lowest BCUT2D eigenvalue weighted by molar-refractivity contribution is 0.696. The fourth-order valence-electron chi connectivity index (χ4n) is 8.42. The van der Waals surface area contributed by atoms with Crippen LogP contribution in [0.1, 0.15) is 5.56 Å². The summed E-state index contributed by atoms with van der Waals surface area (Å²) < 4.78 is 0. The molecule has 0 amide bonds. The van der Waals surface area contributed by atoms with Crippen molar-refractivity contribution in [3.05, 3.63) is 222 Å². The second-order valence-corrected chi connectivity index (χ2v) is 14.0. The lowest BCUT2D eigenvalue weighted by Crippen LogP contribution is -2.39. The van der Waals surface area contributed by atoms with E-state index in [4.69, 9.17) is 9.97 Å². The van der Waals surface area contributed by atoms with Gasteiger partial charge in [-0.15, -0.1) is 0 Å². The van der Waals surface area contributed by atoms with Crippen LogP contribution in [0.3, 0.4) is 0 Å². The summed E-state index contributed by atoms with van der Waals surface area (Å²) in [6.45, 7) is 0. The van der Waals surface area contributed by atoms with Crippen molar-refractivity contribution in [1.82, 2.24) is 9.97 Å². The molecule has 0 spiro atoms. The SMILES string of the molecule is C1=CC2=c3ccccc3=C3C=CC(c4ccccc4-c4ccccc4-c4ccccc4-c4nc(-c5ccccc5)cc(-c5ccccc5)n4)=CC3C2C=C1. The van der Waals surface area contributed by atoms with E-state index < -0.39 is 0 Å². The Kier molecular flexibility index (Phi) is 8.00. The first kappa shape index (κ1) is 31.8. The average molecular weight is 689 g/mol. The topological polar surface area (TPSA) is 25.8 Å². The molecule has 2 unspecified atom stereocenters. The van der Waals surface area contributed by atoms with E-state index in [1.54, 1.807) is 0 Å². The number of nitrogens with zero attached hydrogens (tertiary/aromatic N) is 2. The van der Waals surface area contributed by atoms with Crippen LogP contribution in [0, 0.1) is 11.8 Å². The third-order valence-electron chi connectivity index (χ3n) is 10.9. The van der Waals surface area contributed by atoms with Crippen LogP contribution in [0.2, 0.25) is 0 Å². The van der Waals surface area contributed by atoms with Gasteiger partial charge in [0.25, 0.3) is 0 Å². The van der Waals surface area contributed by atoms with E-state index in [2.05, 4.69) is 194 Å². The Morgan fingerprint density at radius 2 is 0.833 bits per heavy atom. The molecule has 0 saturated carbocycles. The molecule has 0 fully saturated rings. The van der Waals surface area contributed by atoms with Gasteiger partial charge >= 0.3 is 0 Å². The van der Waals surface area contributed by atoms with Gasteiger partial charge < -0.3 is 0 Å². The maximum absolute atomic E-state index is 5.22. The molecular weight excluding hydrogens is 653 g/mol.